The molecule has 3 aliphatic rings. The molecule has 3 aliphatic carbocycles. The Bertz CT molecular complexity index is 5000. The molecule has 580 valence electrons. The lowest BCUT2D eigenvalue weighted by Crippen LogP contribution is -2.23. The summed E-state index contributed by atoms with van der Waals surface area (Å²) in [6, 6.07) is 23.9. The van der Waals surface area contributed by atoms with E-state index in [9.17, 15) is 89.1 Å². The minimum Gasteiger partial charge on any atom is -0.427 e. The number of nitrogens with one attached hydrogen (secondary N) is 1. The summed E-state index contributed by atoms with van der Waals surface area (Å²) in [4.78, 5) is 35.6. The molecule has 7 aromatic heterocycles. The number of aromatic nitrogens is 8. The molecule has 7 heterocycles. The summed E-state index contributed by atoms with van der Waals surface area (Å²) in [5.41, 5.74) is 1.87. The summed E-state index contributed by atoms with van der Waals surface area (Å²) >= 11 is 5.23. The predicted molar refractivity (Wildman–Crippen MR) is 366 cm³/mol. The molecular formula is C70H54BBrF18N10O7S3. The van der Waals surface area contributed by atoms with Gasteiger partial charge in [-0.25, -0.2) is 19.7 Å². The number of pyridine rings is 3. The van der Waals surface area contributed by atoms with Crippen LogP contribution in [0.1, 0.15) is 156 Å². The van der Waals surface area contributed by atoms with Gasteiger partial charge in [0.2, 0.25) is 0 Å². The van der Waals surface area contributed by atoms with E-state index in [4.69, 9.17) is 29.5 Å². The Labute approximate surface area is 631 Å². The van der Waals surface area contributed by atoms with E-state index in [2.05, 4.69) is 66.6 Å². The maximum Gasteiger partial charge on any atom is 0.454 e. The van der Waals surface area contributed by atoms with Crippen molar-refractivity contribution in [3.8, 4) is 55.2 Å². The number of hydrogen-bond acceptors (Lipinski definition) is 19. The molecule has 0 spiro atoms. The fourth-order valence-electron chi connectivity index (χ4n) is 10.5. The molecule has 17 nitrogen and oxygen atoms in total. The standard InChI is InChI=1S/C24H18F6N4O3S.C23H17F6N3OS.C20H12BrF6N3OS.C3H7BO2/c1-11-18(38-21(32-11)14-5-7-17(31-9-14)23(25,26)27)19(24(28,29)30)36-10-12-2-6-15(16(8-12)13-3-4-13)20-33-22(35)37-34-20;1-12-19(34-21(32-12)16-6-7-18(31-10-16)22(24,25)26)20(23(27,28)29)33-11-13-2-3-15(9-30)17(8-13)14-4-5-14;1-10-16(32-18(30-10)13-4-5-15(29-8-13)19(22,23)24)17(20(25,26)27)31-9-11-2-3-12(7-28)14(21)6-11;5-4(6)3-1-2-3/h2,5-9,13,19H,3-4,10H2,1H3,(H,33,34,35);2-3,6-8,10,14,20H,4-5,11H2,1H3;2-6,8,17H,9H2,1H3;3,5-6H,1-2H2. The summed E-state index contributed by atoms with van der Waals surface area (Å²) in [6.45, 7) is 3.06. The van der Waals surface area contributed by atoms with Crippen molar-refractivity contribution in [2.75, 3.05) is 0 Å². The second kappa shape index (κ2) is 33.9. The van der Waals surface area contributed by atoms with Crippen molar-refractivity contribution in [1.82, 2.24) is 40.0 Å². The normalized spacial score (nSPS) is 14.9. The van der Waals surface area contributed by atoms with Crippen molar-refractivity contribution in [2.45, 2.75) is 152 Å². The number of nitriles is 2. The number of aryl methyl sites for hydroxylation is 3. The first kappa shape index (κ1) is 83.5. The van der Waals surface area contributed by atoms with Gasteiger partial charge in [0, 0.05) is 45.3 Å². The molecule has 0 amide bonds. The number of aromatic amines is 1. The Balaban J connectivity index is 0.000000169. The molecule has 0 bridgehead atoms. The summed E-state index contributed by atoms with van der Waals surface area (Å²) in [5.74, 6) is 0.172. The van der Waals surface area contributed by atoms with Gasteiger partial charge >= 0.3 is 49.9 Å². The molecule has 3 unspecified atom stereocenters. The first-order chi connectivity index (χ1) is 51.6. The highest BCUT2D eigenvalue weighted by molar-refractivity contribution is 9.10. The highest BCUT2D eigenvalue weighted by atomic mass is 79.9. The van der Waals surface area contributed by atoms with Gasteiger partial charge in [-0.15, -0.1) is 34.0 Å². The molecule has 110 heavy (non-hydrogen) atoms. The SMILES string of the molecule is Cc1nc(-c2ccc(C(F)(F)F)nc2)sc1C(OCc1ccc(-c2noc(=O)[nH]2)c(C2CC2)c1)C(F)(F)F.Cc1nc(-c2ccc(C(F)(F)F)nc2)sc1C(OCc1ccc(C#N)c(Br)c1)C(F)(F)F.Cc1nc(-c2ccc(C(F)(F)F)nc2)sc1C(OCc1ccc(C#N)c(C2CC2)c1)C(F)(F)F.OB(O)C1CC1. The molecular weight excluding hydrogens is 1620 g/mol. The zero-order chi connectivity index (χ0) is 80.2. The van der Waals surface area contributed by atoms with E-state index < -0.39 is 85.3 Å². The minimum atomic E-state index is -4.77. The number of alkyl halides is 18. The molecule has 40 heteroatoms. The van der Waals surface area contributed by atoms with Crippen LogP contribution >= 0.6 is 49.9 Å². The van der Waals surface area contributed by atoms with Crippen molar-refractivity contribution in [2.24, 2.45) is 0 Å². The molecule has 3 N–H and O–H groups in total. The second-order valence-corrected chi connectivity index (χ2v) is 29.0. The van der Waals surface area contributed by atoms with Crippen LogP contribution < -0.4 is 5.76 Å². The van der Waals surface area contributed by atoms with E-state index in [1.807, 2.05) is 6.07 Å². The van der Waals surface area contributed by atoms with Crippen LogP contribution in [0, 0.1) is 43.4 Å². The monoisotopic (exact) mass is 1670 g/mol. The Morgan fingerprint density at radius 3 is 1.16 bits per heavy atom. The Morgan fingerprint density at radius 1 is 0.518 bits per heavy atom. The zero-order valence-electron chi connectivity index (χ0n) is 56.7. The maximum absolute atomic E-state index is 14.1. The van der Waals surface area contributed by atoms with Gasteiger partial charge in [-0.3, -0.25) is 24.5 Å². The van der Waals surface area contributed by atoms with E-state index in [1.165, 1.54) is 39.0 Å². The number of rotatable bonds is 19. The maximum atomic E-state index is 14.1. The molecule has 13 rings (SSSR count). The molecule has 3 saturated carbocycles. The van der Waals surface area contributed by atoms with E-state index in [-0.39, 0.29) is 107 Å². The second-order valence-electron chi connectivity index (χ2n) is 25.0. The number of H-pyrrole nitrogens is 1. The van der Waals surface area contributed by atoms with Crippen LogP contribution in [0.5, 0.6) is 0 Å². The number of nitrogens with zero attached hydrogens (tertiary/aromatic N) is 9. The number of ether oxygens (including phenoxy) is 3. The number of benzene rings is 3. The molecule has 0 saturated heterocycles. The van der Waals surface area contributed by atoms with Gasteiger partial charge in [0.1, 0.15) is 38.2 Å². The summed E-state index contributed by atoms with van der Waals surface area (Å²) in [7, 11) is -1.04. The van der Waals surface area contributed by atoms with Crippen LogP contribution in [0.25, 0.3) is 43.1 Å². The van der Waals surface area contributed by atoms with E-state index >= 15 is 0 Å². The quantitative estimate of drug-likeness (QED) is 0.0503. The van der Waals surface area contributed by atoms with Crippen molar-refractivity contribution in [3.63, 3.8) is 0 Å². The first-order valence-electron chi connectivity index (χ1n) is 32.4. The minimum absolute atomic E-state index is 0.0493. The lowest BCUT2D eigenvalue weighted by Gasteiger charge is -2.20. The average Bonchev–Trinajstić information content (AvgIpc) is 1.65. The van der Waals surface area contributed by atoms with Gasteiger partial charge in [-0.2, -0.15) is 89.6 Å². The number of halogens is 19. The third kappa shape index (κ3) is 21.8. The largest absolute Gasteiger partial charge is 0.454 e. The van der Waals surface area contributed by atoms with Crippen LogP contribution in [0.2, 0.25) is 5.82 Å². The third-order valence-electron chi connectivity index (χ3n) is 16.5. The topological polar surface area (TPSA) is 252 Å². The lowest BCUT2D eigenvalue weighted by atomic mass is 9.84. The average molecular weight is 1680 g/mol. The highest BCUT2D eigenvalue weighted by Gasteiger charge is 2.48. The van der Waals surface area contributed by atoms with Gasteiger partial charge in [0.05, 0.1) is 68.7 Å². The summed E-state index contributed by atoms with van der Waals surface area (Å²) in [6.07, 6.45) is -26.6. The van der Waals surface area contributed by atoms with Crippen LogP contribution in [0.3, 0.4) is 0 Å². The summed E-state index contributed by atoms with van der Waals surface area (Å²) < 4.78 is 261. The number of thiazole rings is 3. The molecule has 3 aromatic carbocycles. The van der Waals surface area contributed by atoms with Gasteiger partial charge in [0.25, 0.3) is 0 Å². The molecule has 3 fully saturated rings. The van der Waals surface area contributed by atoms with E-state index in [1.54, 1.807) is 36.4 Å². The van der Waals surface area contributed by atoms with E-state index in [0.717, 1.165) is 105 Å². The van der Waals surface area contributed by atoms with Gasteiger partial charge < -0.3 is 24.3 Å². The third-order valence-corrected chi connectivity index (χ3v) is 20.9. The van der Waals surface area contributed by atoms with Crippen LogP contribution in [0.15, 0.2) is 123 Å². The Morgan fingerprint density at radius 2 is 0.873 bits per heavy atom. The molecule has 3 atom stereocenters. The van der Waals surface area contributed by atoms with E-state index in [0.29, 0.717) is 71.9 Å². The van der Waals surface area contributed by atoms with Crippen LogP contribution in [0.4, 0.5) is 79.0 Å². The molecule has 0 radical (unpaired) electrons. The van der Waals surface area contributed by atoms with Gasteiger partial charge in [-0.1, -0.05) is 54.4 Å². The van der Waals surface area contributed by atoms with Gasteiger partial charge in [-0.05, 0) is 162 Å². The van der Waals surface area contributed by atoms with Crippen LogP contribution in [-0.4, -0.2) is 75.7 Å². The van der Waals surface area contributed by atoms with Crippen molar-refractivity contribution in [3.05, 3.63) is 212 Å². The van der Waals surface area contributed by atoms with Crippen molar-refractivity contribution >= 4 is 57.1 Å². The smallest absolute Gasteiger partial charge is 0.427 e. The lowest BCUT2D eigenvalue weighted by molar-refractivity contribution is -0.226. The summed E-state index contributed by atoms with van der Waals surface area (Å²) in [5, 5.41) is 38.7. The van der Waals surface area contributed by atoms with Crippen molar-refractivity contribution in [1.29, 1.82) is 10.5 Å². The number of hydrogen-bond donors (Lipinski definition) is 3. The Hall–Kier alpha value is -9.00. The van der Waals surface area contributed by atoms with Gasteiger partial charge in [0.15, 0.2) is 24.1 Å². The fourth-order valence-corrected chi connectivity index (χ4v) is 14.5. The Kier molecular flexibility index (Phi) is 25.7. The zero-order valence-corrected chi connectivity index (χ0v) is 60.7. The first-order valence-corrected chi connectivity index (χ1v) is 35.7. The van der Waals surface area contributed by atoms with Crippen LogP contribution in [-0.2, 0) is 52.6 Å². The fraction of sp³-hybridized carbons (Fsp3) is 0.343. The van der Waals surface area contributed by atoms with Crippen molar-refractivity contribution < 1.29 is 108 Å². The predicted octanol–water partition coefficient (Wildman–Crippen LogP) is 20.3. The highest BCUT2D eigenvalue weighted by Crippen LogP contribution is 2.49. The molecule has 10 aromatic rings. The molecule has 0 aliphatic heterocycles.